The van der Waals surface area contributed by atoms with Crippen molar-refractivity contribution in [1.29, 1.82) is 0 Å². The van der Waals surface area contributed by atoms with Crippen LogP contribution < -0.4 is 11.1 Å². The van der Waals surface area contributed by atoms with Gasteiger partial charge in [0.2, 0.25) is 0 Å². The van der Waals surface area contributed by atoms with Crippen LogP contribution in [0.25, 0.3) is 0 Å². The molecule has 5 heteroatoms. The number of nitrogens with two attached hydrogens (primary N) is 1. The first-order chi connectivity index (χ1) is 10.1. The van der Waals surface area contributed by atoms with Crippen LogP contribution in [0.3, 0.4) is 0 Å². The van der Waals surface area contributed by atoms with E-state index in [4.69, 9.17) is 10.5 Å². The number of hydrogen-bond donors (Lipinski definition) is 2. The number of rotatable bonds is 4. The van der Waals surface area contributed by atoms with Gasteiger partial charge in [-0.1, -0.05) is 25.5 Å². The lowest BCUT2D eigenvalue weighted by molar-refractivity contribution is 0.0723. The lowest BCUT2D eigenvalue weighted by atomic mass is 9.89. The Balaban J connectivity index is 1.91. The van der Waals surface area contributed by atoms with Gasteiger partial charge in [-0.2, -0.15) is 0 Å². The fraction of sp³-hybridized carbons (Fsp3) is 0.500. The molecule has 5 nitrogen and oxygen atoms in total. The molecule has 0 bridgehead atoms. The number of hydrogen-bond acceptors (Lipinski definition) is 4. The molecule has 1 fully saturated rings. The molecule has 2 rings (SSSR count). The molecule has 2 atom stereocenters. The van der Waals surface area contributed by atoms with Gasteiger partial charge in [-0.25, -0.2) is 4.79 Å². The zero-order valence-electron chi connectivity index (χ0n) is 12.3. The number of nitrogens with one attached hydrogen (secondary N) is 1. The van der Waals surface area contributed by atoms with Crippen LogP contribution in [0.2, 0.25) is 0 Å². The number of carbonyl (C=O) groups is 2. The van der Waals surface area contributed by atoms with E-state index in [9.17, 15) is 9.59 Å². The molecule has 0 aliphatic heterocycles. The largest absolute Gasteiger partial charge is 0.446 e. The van der Waals surface area contributed by atoms with E-state index in [1.165, 1.54) is 6.42 Å². The maximum atomic E-state index is 11.9. The minimum absolute atomic E-state index is 0.0115. The summed E-state index contributed by atoms with van der Waals surface area (Å²) in [6.45, 7) is 2.13. The highest BCUT2D eigenvalue weighted by molar-refractivity contribution is 5.99. The van der Waals surface area contributed by atoms with Crippen LogP contribution in [0.4, 0.5) is 10.5 Å². The van der Waals surface area contributed by atoms with E-state index in [0.29, 0.717) is 17.2 Å². The molecule has 1 aliphatic rings. The SMILES string of the molecule is CC1CCCC(OC(=O)Nc2cccc(C(=O)CN)c2)C1. The molecule has 1 aromatic carbocycles. The number of carbonyl (C=O) groups excluding carboxylic acids is 2. The molecular weight excluding hydrogens is 268 g/mol. The van der Waals surface area contributed by atoms with Crippen molar-refractivity contribution < 1.29 is 14.3 Å². The van der Waals surface area contributed by atoms with E-state index in [2.05, 4.69) is 12.2 Å². The molecule has 0 aromatic heterocycles. The van der Waals surface area contributed by atoms with Crippen LogP contribution in [0.15, 0.2) is 24.3 Å². The molecule has 0 saturated heterocycles. The average Bonchev–Trinajstić information content (AvgIpc) is 2.46. The highest BCUT2D eigenvalue weighted by Crippen LogP contribution is 2.26. The van der Waals surface area contributed by atoms with E-state index < -0.39 is 6.09 Å². The van der Waals surface area contributed by atoms with Crippen LogP contribution in [0, 0.1) is 5.92 Å². The van der Waals surface area contributed by atoms with Gasteiger partial charge in [0.25, 0.3) is 0 Å². The number of benzene rings is 1. The summed E-state index contributed by atoms with van der Waals surface area (Å²) in [7, 11) is 0. The van der Waals surface area contributed by atoms with Gasteiger partial charge in [-0.05, 0) is 37.3 Å². The van der Waals surface area contributed by atoms with Crippen LogP contribution >= 0.6 is 0 Å². The second-order valence-corrected chi connectivity index (χ2v) is 5.63. The van der Waals surface area contributed by atoms with E-state index in [1.807, 2.05) is 0 Å². The van der Waals surface area contributed by atoms with Crippen LogP contribution in [-0.4, -0.2) is 24.5 Å². The Hall–Kier alpha value is -1.88. The molecule has 1 amide bonds. The van der Waals surface area contributed by atoms with Crippen molar-refractivity contribution >= 4 is 17.6 Å². The molecule has 3 N–H and O–H groups in total. The third-order valence-corrected chi connectivity index (χ3v) is 3.78. The smallest absolute Gasteiger partial charge is 0.411 e. The summed E-state index contributed by atoms with van der Waals surface area (Å²) in [6.07, 6.45) is 3.65. The van der Waals surface area contributed by atoms with Crippen molar-refractivity contribution in [3.8, 4) is 0 Å². The van der Waals surface area contributed by atoms with Crippen LogP contribution in [0.1, 0.15) is 43.0 Å². The number of amides is 1. The van der Waals surface area contributed by atoms with Crippen molar-refractivity contribution in [2.45, 2.75) is 38.7 Å². The second-order valence-electron chi connectivity index (χ2n) is 5.63. The Kier molecular flexibility index (Phi) is 5.33. The summed E-state index contributed by atoms with van der Waals surface area (Å²) in [5.41, 5.74) is 6.36. The first-order valence-corrected chi connectivity index (χ1v) is 7.39. The number of anilines is 1. The summed E-state index contributed by atoms with van der Waals surface area (Å²) >= 11 is 0. The third kappa shape index (κ3) is 4.56. The predicted octanol–water partition coefficient (Wildman–Crippen LogP) is 2.96. The van der Waals surface area contributed by atoms with Crippen molar-refractivity contribution in [3.05, 3.63) is 29.8 Å². The predicted molar refractivity (Wildman–Crippen MR) is 81.4 cm³/mol. The Bertz CT molecular complexity index is 516. The van der Waals surface area contributed by atoms with Crippen molar-refractivity contribution in [2.75, 3.05) is 11.9 Å². The molecule has 0 heterocycles. The van der Waals surface area contributed by atoms with Crippen molar-refractivity contribution in [2.24, 2.45) is 11.7 Å². The first-order valence-electron chi connectivity index (χ1n) is 7.39. The molecule has 0 spiro atoms. The number of ketones is 1. The molecule has 1 aromatic rings. The van der Waals surface area contributed by atoms with Crippen molar-refractivity contribution in [3.63, 3.8) is 0 Å². The Morgan fingerprint density at radius 3 is 2.90 bits per heavy atom. The zero-order chi connectivity index (χ0) is 15.2. The van der Waals surface area contributed by atoms with Gasteiger partial charge in [0.05, 0.1) is 6.54 Å². The molecule has 1 aliphatic carbocycles. The molecule has 1 saturated carbocycles. The van der Waals surface area contributed by atoms with Gasteiger partial charge in [0.15, 0.2) is 5.78 Å². The van der Waals surface area contributed by atoms with Gasteiger partial charge < -0.3 is 10.5 Å². The Morgan fingerprint density at radius 1 is 1.38 bits per heavy atom. The normalized spacial score (nSPS) is 21.6. The molecule has 21 heavy (non-hydrogen) atoms. The topological polar surface area (TPSA) is 81.4 Å². The zero-order valence-corrected chi connectivity index (χ0v) is 12.3. The lowest BCUT2D eigenvalue weighted by Crippen LogP contribution is -2.27. The van der Waals surface area contributed by atoms with Gasteiger partial charge >= 0.3 is 6.09 Å². The highest BCUT2D eigenvalue weighted by atomic mass is 16.6. The summed E-state index contributed by atoms with van der Waals surface area (Å²) in [6, 6.07) is 6.72. The summed E-state index contributed by atoms with van der Waals surface area (Å²) in [4.78, 5) is 23.4. The molecule has 2 unspecified atom stereocenters. The monoisotopic (exact) mass is 290 g/mol. The standard InChI is InChI=1S/C16H22N2O3/c1-11-4-2-7-14(8-11)21-16(20)18-13-6-3-5-12(9-13)15(19)10-17/h3,5-6,9,11,14H,2,4,7-8,10,17H2,1H3,(H,18,20). The van der Waals surface area contributed by atoms with Gasteiger partial charge in [-0.3, -0.25) is 10.1 Å². The quantitative estimate of drug-likeness (QED) is 0.835. The number of ether oxygens (including phenoxy) is 1. The van der Waals surface area contributed by atoms with Gasteiger partial charge in [-0.15, -0.1) is 0 Å². The van der Waals surface area contributed by atoms with E-state index in [-0.39, 0.29) is 18.4 Å². The van der Waals surface area contributed by atoms with E-state index in [0.717, 1.165) is 19.3 Å². The fourth-order valence-corrected chi connectivity index (χ4v) is 2.67. The summed E-state index contributed by atoms with van der Waals surface area (Å²) < 4.78 is 5.43. The Morgan fingerprint density at radius 2 is 2.19 bits per heavy atom. The maximum Gasteiger partial charge on any atom is 0.411 e. The summed E-state index contributed by atoms with van der Waals surface area (Å²) in [5, 5.41) is 2.67. The van der Waals surface area contributed by atoms with Crippen LogP contribution in [0.5, 0.6) is 0 Å². The first kappa shape index (κ1) is 15.5. The number of Topliss-reactive ketones (excluding diaryl/α,β-unsaturated/α-hetero) is 1. The minimum Gasteiger partial charge on any atom is -0.446 e. The molecular formula is C16H22N2O3. The average molecular weight is 290 g/mol. The summed E-state index contributed by atoms with van der Waals surface area (Å²) in [5.74, 6) is 0.440. The third-order valence-electron chi connectivity index (χ3n) is 3.78. The van der Waals surface area contributed by atoms with Crippen LogP contribution in [-0.2, 0) is 4.74 Å². The van der Waals surface area contributed by atoms with E-state index >= 15 is 0 Å². The Labute approximate surface area is 124 Å². The second kappa shape index (κ2) is 7.22. The fourth-order valence-electron chi connectivity index (χ4n) is 2.67. The van der Waals surface area contributed by atoms with Gasteiger partial charge in [0.1, 0.15) is 6.10 Å². The van der Waals surface area contributed by atoms with E-state index in [1.54, 1.807) is 24.3 Å². The van der Waals surface area contributed by atoms with Crippen molar-refractivity contribution in [1.82, 2.24) is 0 Å². The lowest BCUT2D eigenvalue weighted by Gasteiger charge is -2.26. The molecule has 114 valence electrons. The van der Waals surface area contributed by atoms with Gasteiger partial charge in [0, 0.05) is 11.3 Å². The minimum atomic E-state index is -0.466. The highest BCUT2D eigenvalue weighted by Gasteiger charge is 2.22. The maximum absolute atomic E-state index is 11.9. The molecule has 0 radical (unpaired) electrons.